The van der Waals surface area contributed by atoms with E-state index in [1.54, 1.807) is 30.3 Å². The lowest BCUT2D eigenvalue weighted by atomic mass is 10.1. The molecule has 2 heterocycles. The van der Waals surface area contributed by atoms with Crippen molar-refractivity contribution in [3.8, 4) is 17.7 Å². The van der Waals surface area contributed by atoms with Crippen molar-refractivity contribution in [1.82, 2.24) is 4.98 Å². The number of aromatic nitrogens is 1. The summed E-state index contributed by atoms with van der Waals surface area (Å²) in [7, 11) is 0. The maximum absolute atomic E-state index is 9.62. The minimum Gasteiger partial charge on any atom is -0.439 e. The van der Waals surface area contributed by atoms with E-state index >= 15 is 0 Å². The summed E-state index contributed by atoms with van der Waals surface area (Å²) in [5.41, 5.74) is 1.89. The smallest absolute Gasteiger partial charge is 0.219 e. The molecule has 0 spiro atoms. The topological polar surface area (TPSA) is 78.6 Å². The molecule has 0 saturated carbocycles. The monoisotopic (exact) mass is 269 g/mol. The summed E-state index contributed by atoms with van der Waals surface area (Å²) in [6.45, 7) is 0.380. The van der Waals surface area contributed by atoms with Gasteiger partial charge in [-0.2, -0.15) is 5.26 Å². The number of anilines is 1. The van der Waals surface area contributed by atoms with E-state index in [1.807, 2.05) is 6.07 Å². The number of nitrogens with zero attached hydrogens (tertiary/aromatic N) is 3. The molecule has 100 valence electrons. The third kappa shape index (κ3) is 2.28. The molecule has 0 aliphatic carbocycles. The molecule has 0 radical (unpaired) electrons. The third-order valence-corrected chi connectivity index (χ3v) is 2.96. The molecule has 1 aliphatic rings. The molecule has 0 saturated heterocycles. The lowest BCUT2D eigenvalue weighted by Gasteiger charge is -2.25. The summed E-state index contributed by atoms with van der Waals surface area (Å²) < 4.78 is 5.71. The summed E-state index contributed by atoms with van der Waals surface area (Å²) in [5.74, 6) is 1.01. The predicted octanol–water partition coefficient (Wildman–Crippen LogP) is 2.43. The summed E-state index contributed by atoms with van der Waals surface area (Å²) in [4.78, 5) is 9.08. The molecule has 0 unspecified atom stereocenters. The number of benzene rings is 1. The van der Waals surface area contributed by atoms with Gasteiger partial charge < -0.3 is 4.74 Å². The fourth-order valence-corrected chi connectivity index (χ4v) is 2.00. The Morgan fingerprint density at radius 1 is 1.35 bits per heavy atom. The van der Waals surface area contributed by atoms with Gasteiger partial charge >= 0.3 is 0 Å². The van der Waals surface area contributed by atoms with Crippen LogP contribution in [0.4, 0.5) is 5.69 Å². The van der Waals surface area contributed by atoms with Crippen LogP contribution in [0.15, 0.2) is 36.5 Å². The molecule has 2 aromatic rings. The van der Waals surface area contributed by atoms with Crippen molar-refractivity contribution in [1.29, 1.82) is 5.26 Å². The summed E-state index contributed by atoms with van der Waals surface area (Å²) in [6, 6.07) is 10.6. The van der Waals surface area contributed by atoms with E-state index in [0.717, 1.165) is 10.8 Å². The molecule has 1 aliphatic heterocycles. The minimum absolute atomic E-state index is 0.380. The second-order valence-electron chi connectivity index (χ2n) is 4.21. The second-order valence-corrected chi connectivity index (χ2v) is 4.21. The number of rotatable bonds is 2. The molecular weight excluding hydrogens is 258 g/mol. The van der Waals surface area contributed by atoms with Crippen LogP contribution in [-0.2, 0) is 11.3 Å². The van der Waals surface area contributed by atoms with Gasteiger partial charge in [-0.25, -0.2) is 9.82 Å². The number of hydrogen-bond donors (Lipinski definition) is 1. The predicted molar refractivity (Wildman–Crippen MR) is 69.4 cm³/mol. The minimum atomic E-state index is 0.380. The van der Waals surface area contributed by atoms with Crippen molar-refractivity contribution in [2.24, 2.45) is 0 Å². The van der Waals surface area contributed by atoms with E-state index in [1.165, 1.54) is 6.20 Å². The highest BCUT2D eigenvalue weighted by Crippen LogP contribution is 2.34. The Bertz CT molecular complexity index is 664. The largest absolute Gasteiger partial charge is 0.439 e. The number of hydrogen-bond acceptors (Lipinski definition) is 6. The fraction of sp³-hybridized carbons (Fsp3) is 0.143. The van der Waals surface area contributed by atoms with Crippen LogP contribution in [0.1, 0.15) is 11.1 Å². The Morgan fingerprint density at radius 3 is 3.00 bits per heavy atom. The third-order valence-electron chi connectivity index (χ3n) is 2.96. The van der Waals surface area contributed by atoms with Gasteiger partial charge in [0.2, 0.25) is 5.88 Å². The zero-order valence-electron chi connectivity index (χ0n) is 10.5. The zero-order chi connectivity index (χ0) is 13.9. The Hall–Kier alpha value is -2.62. The van der Waals surface area contributed by atoms with E-state index in [-0.39, 0.29) is 0 Å². The summed E-state index contributed by atoms with van der Waals surface area (Å²) in [5, 5.41) is 19.1. The summed E-state index contributed by atoms with van der Waals surface area (Å²) in [6.07, 6.45) is 2.09. The standard InChI is InChI=1S/C14H11N3O3/c15-8-10-4-5-14(16-9-10)20-13-3-1-2-12-11(13)6-7-19-17(12)18/h1-5,9,18H,6-7H2. The van der Waals surface area contributed by atoms with Gasteiger partial charge in [0.1, 0.15) is 17.5 Å². The highest BCUT2D eigenvalue weighted by Gasteiger charge is 2.20. The number of pyridine rings is 1. The first kappa shape index (κ1) is 12.4. The first-order chi connectivity index (χ1) is 9.78. The van der Waals surface area contributed by atoms with Crippen LogP contribution < -0.4 is 9.96 Å². The Labute approximate surface area is 115 Å². The van der Waals surface area contributed by atoms with Gasteiger partial charge in [-0.15, -0.1) is 5.23 Å². The van der Waals surface area contributed by atoms with E-state index < -0.39 is 0 Å². The zero-order valence-corrected chi connectivity index (χ0v) is 10.5. The fourth-order valence-electron chi connectivity index (χ4n) is 2.00. The van der Waals surface area contributed by atoms with Crippen molar-refractivity contribution in [2.75, 3.05) is 11.8 Å². The van der Waals surface area contributed by atoms with Crippen molar-refractivity contribution in [3.05, 3.63) is 47.7 Å². The highest BCUT2D eigenvalue weighted by molar-refractivity contribution is 5.58. The Balaban J connectivity index is 1.91. The maximum Gasteiger partial charge on any atom is 0.219 e. The average Bonchev–Trinajstić information content (AvgIpc) is 2.49. The molecule has 0 atom stereocenters. The Kier molecular flexibility index (Phi) is 3.21. The average molecular weight is 269 g/mol. The first-order valence-corrected chi connectivity index (χ1v) is 6.06. The molecule has 6 heteroatoms. The van der Waals surface area contributed by atoms with Crippen molar-refractivity contribution < 1.29 is 14.8 Å². The molecule has 0 bridgehead atoms. The van der Waals surface area contributed by atoms with Gasteiger partial charge in [0, 0.05) is 24.2 Å². The van der Waals surface area contributed by atoms with Gasteiger partial charge in [-0.1, -0.05) is 6.07 Å². The number of nitriles is 1. The lowest BCUT2D eigenvalue weighted by molar-refractivity contribution is -0.0476. The maximum atomic E-state index is 9.62. The van der Waals surface area contributed by atoms with E-state index in [2.05, 4.69) is 4.98 Å². The first-order valence-electron chi connectivity index (χ1n) is 6.06. The van der Waals surface area contributed by atoms with Gasteiger partial charge in [-0.3, -0.25) is 5.21 Å². The van der Waals surface area contributed by atoms with Crippen molar-refractivity contribution >= 4 is 5.69 Å². The number of ether oxygens (including phenoxy) is 1. The number of fused-ring (bicyclic) bond motifs is 1. The Morgan fingerprint density at radius 2 is 2.25 bits per heavy atom. The van der Waals surface area contributed by atoms with E-state index in [9.17, 15) is 5.21 Å². The molecule has 20 heavy (non-hydrogen) atoms. The normalized spacial score (nSPS) is 13.5. The molecule has 1 aromatic heterocycles. The quantitative estimate of drug-likeness (QED) is 0.902. The van der Waals surface area contributed by atoms with Crippen molar-refractivity contribution in [3.63, 3.8) is 0 Å². The highest BCUT2D eigenvalue weighted by atomic mass is 16.9. The van der Waals surface area contributed by atoms with Crippen LogP contribution in [0.5, 0.6) is 11.6 Å². The summed E-state index contributed by atoms with van der Waals surface area (Å²) >= 11 is 0. The molecular formula is C14H11N3O3. The van der Waals surface area contributed by atoms with Crippen LogP contribution in [0.25, 0.3) is 0 Å². The second kappa shape index (κ2) is 5.17. The van der Waals surface area contributed by atoms with E-state index in [0.29, 0.717) is 35.9 Å². The molecule has 1 N–H and O–H groups in total. The lowest BCUT2D eigenvalue weighted by Crippen LogP contribution is -2.26. The van der Waals surface area contributed by atoms with Crippen LogP contribution in [0, 0.1) is 11.3 Å². The molecule has 1 aromatic carbocycles. The van der Waals surface area contributed by atoms with Gasteiger partial charge in [-0.05, 0) is 18.2 Å². The van der Waals surface area contributed by atoms with Crippen LogP contribution in [-0.4, -0.2) is 16.8 Å². The SMILES string of the molecule is N#Cc1ccc(Oc2cccc3c2CCON3O)nc1. The molecule has 3 rings (SSSR count). The van der Waals surface area contributed by atoms with Crippen LogP contribution in [0.3, 0.4) is 0 Å². The molecule has 0 amide bonds. The van der Waals surface area contributed by atoms with E-state index in [4.69, 9.17) is 14.8 Å². The van der Waals surface area contributed by atoms with Gasteiger partial charge in [0.25, 0.3) is 0 Å². The molecule has 0 fully saturated rings. The molecule has 6 nitrogen and oxygen atoms in total. The van der Waals surface area contributed by atoms with Gasteiger partial charge in [0.05, 0.1) is 12.2 Å². The van der Waals surface area contributed by atoms with Crippen LogP contribution >= 0.6 is 0 Å². The van der Waals surface area contributed by atoms with Crippen molar-refractivity contribution in [2.45, 2.75) is 6.42 Å². The van der Waals surface area contributed by atoms with Gasteiger partial charge in [0.15, 0.2) is 0 Å². The van der Waals surface area contributed by atoms with Crippen LogP contribution in [0.2, 0.25) is 0 Å².